The Morgan fingerprint density at radius 3 is 1.92 bits per heavy atom. The van der Waals surface area contributed by atoms with Gasteiger partial charge in [-0.2, -0.15) is 0 Å². The van der Waals surface area contributed by atoms with Crippen LogP contribution in [0.4, 0.5) is 5.69 Å². The number of anilines is 1. The third-order valence-corrected chi connectivity index (χ3v) is 7.95. The van der Waals surface area contributed by atoms with Crippen LogP contribution in [0.1, 0.15) is 46.1 Å². The Kier molecular flexibility index (Phi) is 11.4. The molecule has 4 aromatic carbocycles. The molecule has 0 saturated heterocycles. The Balaban J connectivity index is 1.14. The van der Waals surface area contributed by atoms with Gasteiger partial charge in [0.25, 0.3) is 5.91 Å². The second-order valence-corrected chi connectivity index (χ2v) is 11.2. The van der Waals surface area contributed by atoms with Crippen LogP contribution in [0, 0.1) is 0 Å². The highest BCUT2D eigenvalue weighted by Crippen LogP contribution is 2.39. The lowest BCUT2D eigenvalue weighted by Gasteiger charge is -2.28. The van der Waals surface area contributed by atoms with Gasteiger partial charge in [0.2, 0.25) is 5.75 Å². The number of carbonyl (C=O) groups excluding carboxylic acids is 1. The molecule has 1 atom stereocenters. The summed E-state index contributed by atoms with van der Waals surface area (Å²) in [5, 5.41) is 6.80. The van der Waals surface area contributed by atoms with Gasteiger partial charge in [-0.1, -0.05) is 35.9 Å². The number of nitrogens with one attached hydrogen (secondary N) is 2. The zero-order valence-electron chi connectivity index (χ0n) is 27.6. The summed E-state index contributed by atoms with van der Waals surface area (Å²) in [6, 6.07) is 20.3. The van der Waals surface area contributed by atoms with Crippen LogP contribution >= 0.6 is 11.6 Å². The lowest BCUT2D eigenvalue weighted by atomic mass is 10.1. The molecule has 1 amide bonds. The zero-order valence-corrected chi connectivity index (χ0v) is 28.3. The molecule has 0 aromatic heterocycles. The summed E-state index contributed by atoms with van der Waals surface area (Å²) in [4.78, 5) is 12.7. The van der Waals surface area contributed by atoms with Crippen LogP contribution in [0.15, 0.2) is 66.7 Å². The highest BCUT2D eigenvalue weighted by molar-refractivity contribution is 6.31. The van der Waals surface area contributed by atoms with Crippen molar-refractivity contribution in [1.82, 2.24) is 5.32 Å². The maximum absolute atomic E-state index is 12.7. The largest absolute Gasteiger partial charge is 0.493 e. The Morgan fingerprint density at radius 1 is 0.625 bits per heavy atom. The van der Waals surface area contributed by atoms with Gasteiger partial charge in [0.15, 0.2) is 34.5 Å². The molecular weight excluding hydrogens is 636 g/mol. The van der Waals surface area contributed by atoms with Crippen molar-refractivity contribution in [3.05, 3.63) is 94.0 Å². The summed E-state index contributed by atoms with van der Waals surface area (Å²) in [6.45, 7) is 0.954. The second-order valence-electron chi connectivity index (χ2n) is 10.8. The van der Waals surface area contributed by atoms with Crippen molar-refractivity contribution in [2.45, 2.75) is 19.0 Å². The van der Waals surface area contributed by atoms with E-state index in [2.05, 4.69) is 10.6 Å². The quantitative estimate of drug-likeness (QED) is 0.0972. The molecule has 48 heavy (non-hydrogen) atoms. The summed E-state index contributed by atoms with van der Waals surface area (Å²) >= 11 is 6.06. The smallest absolute Gasteiger partial charge is 0.255 e. The molecule has 0 aliphatic carbocycles. The van der Waals surface area contributed by atoms with E-state index in [0.717, 1.165) is 29.5 Å². The Bertz CT molecular complexity index is 1750. The number of hydrogen-bond donors (Lipinski definition) is 2. The van der Waals surface area contributed by atoms with E-state index < -0.39 is 6.17 Å². The van der Waals surface area contributed by atoms with Gasteiger partial charge >= 0.3 is 0 Å². The van der Waals surface area contributed by atoms with E-state index in [4.69, 9.17) is 44.8 Å². The van der Waals surface area contributed by atoms with E-state index >= 15 is 0 Å². The number of amides is 1. The highest BCUT2D eigenvalue weighted by atomic mass is 35.5. The average Bonchev–Trinajstić information content (AvgIpc) is 3.11. The summed E-state index contributed by atoms with van der Waals surface area (Å²) in [6.07, 6.45) is 5.04. The van der Waals surface area contributed by atoms with Crippen molar-refractivity contribution < 1.29 is 38.0 Å². The minimum atomic E-state index is -0.424. The molecule has 5 rings (SSSR count). The fraction of sp³-hybridized carbons (Fsp3) is 0.270. The van der Waals surface area contributed by atoms with Crippen molar-refractivity contribution in [1.29, 1.82) is 0 Å². The van der Waals surface area contributed by atoms with Gasteiger partial charge in [0, 0.05) is 10.7 Å². The van der Waals surface area contributed by atoms with Crippen molar-refractivity contribution >= 4 is 35.3 Å². The zero-order chi connectivity index (χ0) is 34.0. The molecule has 1 unspecified atom stereocenters. The topological polar surface area (TPSA) is 106 Å². The van der Waals surface area contributed by atoms with Crippen LogP contribution in [0.3, 0.4) is 0 Å². The van der Waals surface area contributed by atoms with Crippen molar-refractivity contribution in [2.75, 3.05) is 54.1 Å². The van der Waals surface area contributed by atoms with E-state index in [1.54, 1.807) is 53.7 Å². The molecule has 2 N–H and O–H groups in total. The third kappa shape index (κ3) is 8.01. The first kappa shape index (κ1) is 34.1. The minimum Gasteiger partial charge on any atom is -0.493 e. The molecule has 1 aliphatic rings. The Morgan fingerprint density at radius 2 is 1.25 bits per heavy atom. The molecule has 0 bridgehead atoms. The van der Waals surface area contributed by atoms with E-state index in [0.29, 0.717) is 69.7 Å². The number of carbonyl (C=O) groups is 1. The van der Waals surface area contributed by atoms with Gasteiger partial charge in [-0.05, 0) is 84.1 Å². The number of fused-ring (bicyclic) bond motifs is 1. The molecule has 0 saturated carbocycles. The van der Waals surface area contributed by atoms with Crippen LogP contribution in [0.25, 0.3) is 12.2 Å². The summed E-state index contributed by atoms with van der Waals surface area (Å²) < 4.78 is 39.6. The summed E-state index contributed by atoms with van der Waals surface area (Å²) in [5.74, 6) is 4.00. The van der Waals surface area contributed by atoms with E-state index in [1.165, 1.54) is 0 Å². The van der Waals surface area contributed by atoms with Gasteiger partial charge in [-0.3, -0.25) is 4.79 Å². The summed E-state index contributed by atoms with van der Waals surface area (Å²) in [5.41, 5.74) is 3.88. The third-order valence-electron chi connectivity index (χ3n) is 7.72. The molecule has 0 radical (unpaired) electrons. The number of halogens is 1. The highest BCUT2D eigenvalue weighted by Gasteiger charge is 2.25. The molecule has 1 heterocycles. The van der Waals surface area contributed by atoms with Gasteiger partial charge in [0.1, 0.15) is 6.17 Å². The predicted molar refractivity (Wildman–Crippen MR) is 187 cm³/mol. The van der Waals surface area contributed by atoms with Crippen molar-refractivity contribution in [3.8, 4) is 40.2 Å². The number of rotatable bonds is 15. The van der Waals surface area contributed by atoms with Gasteiger partial charge < -0.3 is 43.8 Å². The predicted octanol–water partition coefficient (Wildman–Crippen LogP) is 7.65. The molecular formula is C37H39ClN2O8. The van der Waals surface area contributed by atoms with Crippen LogP contribution in [-0.4, -0.2) is 54.7 Å². The number of methoxy groups -OCH3 is 5. The first-order valence-corrected chi connectivity index (χ1v) is 15.7. The number of hydrogen-bond acceptors (Lipinski definition) is 9. The van der Waals surface area contributed by atoms with Crippen LogP contribution in [0.5, 0.6) is 40.2 Å². The first-order chi connectivity index (χ1) is 23.4. The van der Waals surface area contributed by atoms with Crippen molar-refractivity contribution in [3.63, 3.8) is 0 Å². The van der Waals surface area contributed by atoms with Crippen LogP contribution in [-0.2, 0) is 0 Å². The molecule has 4 aromatic rings. The molecule has 1 aliphatic heterocycles. The molecule has 0 spiro atoms. The molecule has 11 heteroatoms. The van der Waals surface area contributed by atoms with E-state index in [1.807, 2.05) is 60.7 Å². The van der Waals surface area contributed by atoms with Gasteiger partial charge in [-0.25, -0.2) is 0 Å². The Hall–Kier alpha value is -5.22. The lowest BCUT2D eigenvalue weighted by molar-refractivity contribution is 0.0935. The van der Waals surface area contributed by atoms with Gasteiger partial charge in [-0.15, -0.1) is 0 Å². The SMILES string of the molecule is COc1cc(C2NC(=O)c3cc(Cl)ccc3N2)ccc1OCCCCOc1cc(C=Cc2cc(OC)c(OC)c(OC)c2)ccc1OC. The normalized spacial score (nSPS) is 13.6. The molecule has 0 fully saturated rings. The van der Waals surface area contributed by atoms with Crippen LogP contribution in [0.2, 0.25) is 5.02 Å². The van der Waals surface area contributed by atoms with Crippen molar-refractivity contribution in [2.24, 2.45) is 0 Å². The molecule has 252 valence electrons. The minimum absolute atomic E-state index is 0.200. The average molecular weight is 675 g/mol. The number of benzene rings is 4. The van der Waals surface area contributed by atoms with E-state index in [-0.39, 0.29) is 5.91 Å². The maximum Gasteiger partial charge on any atom is 0.255 e. The Labute approximate surface area is 285 Å². The lowest BCUT2D eigenvalue weighted by Crippen LogP contribution is -2.38. The second kappa shape index (κ2) is 16.1. The number of unbranched alkanes of at least 4 members (excludes halogenated alkanes) is 1. The summed E-state index contributed by atoms with van der Waals surface area (Å²) in [7, 11) is 7.97. The fourth-order valence-corrected chi connectivity index (χ4v) is 5.42. The van der Waals surface area contributed by atoms with E-state index in [9.17, 15) is 4.79 Å². The maximum atomic E-state index is 12.7. The molecule has 10 nitrogen and oxygen atoms in total. The fourth-order valence-electron chi connectivity index (χ4n) is 5.25. The first-order valence-electron chi connectivity index (χ1n) is 15.3. The standard InChI is InChI=1S/C37H39ClN2O8/c1-42-29-14-10-23(8-9-24-19-33(44-3)35(46-5)34(20-24)45-4)18-32(29)48-17-7-6-16-47-30-15-11-25(21-31(30)43-2)36-39-28-13-12-26(38)22-27(28)37(41)40-36/h8-15,18-22,36,39H,6-7,16-17H2,1-5H3,(H,40,41). The monoisotopic (exact) mass is 674 g/mol. The van der Waals surface area contributed by atoms with Gasteiger partial charge in [0.05, 0.1) is 54.3 Å². The van der Waals surface area contributed by atoms with Crippen LogP contribution < -0.4 is 43.8 Å². The number of ether oxygens (including phenoxy) is 7.